The van der Waals surface area contributed by atoms with Crippen LogP contribution in [0.5, 0.6) is 5.75 Å². The summed E-state index contributed by atoms with van der Waals surface area (Å²) in [5.74, 6) is -3.11. The van der Waals surface area contributed by atoms with Crippen LogP contribution in [0.4, 0.5) is 18.9 Å². The molecule has 1 saturated heterocycles. The lowest BCUT2D eigenvalue weighted by atomic mass is 10.1. The van der Waals surface area contributed by atoms with Crippen molar-refractivity contribution in [2.24, 2.45) is 0 Å². The van der Waals surface area contributed by atoms with E-state index < -0.39 is 17.6 Å². The minimum absolute atomic E-state index is 0.258. The summed E-state index contributed by atoms with van der Waals surface area (Å²) in [6.45, 7) is 2.33. The van der Waals surface area contributed by atoms with E-state index in [1.54, 1.807) is 24.3 Å². The third kappa shape index (κ3) is 4.11. The predicted molar refractivity (Wildman–Crippen MR) is 110 cm³/mol. The van der Waals surface area contributed by atoms with Gasteiger partial charge in [0, 0.05) is 31.7 Å². The van der Waals surface area contributed by atoms with Gasteiger partial charge in [-0.1, -0.05) is 42.5 Å². The zero-order valence-electron chi connectivity index (χ0n) is 16.6. The van der Waals surface area contributed by atoms with E-state index in [0.29, 0.717) is 31.9 Å². The third-order valence-corrected chi connectivity index (χ3v) is 5.21. The van der Waals surface area contributed by atoms with Crippen molar-refractivity contribution in [2.75, 3.05) is 38.1 Å². The number of rotatable bonds is 5. The van der Waals surface area contributed by atoms with Crippen LogP contribution in [0.1, 0.15) is 5.56 Å². The lowest BCUT2D eigenvalue weighted by Crippen LogP contribution is -2.45. The highest BCUT2D eigenvalue weighted by Gasteiger charge is 2.28. The maximum atomic E-state index is 15.4. The van der Waals surface area contributed by atoms with Crippen LogP contribution in [0.2, 0.25) is 0 Å². The van der Waals surface area contributed by atoms with Crippen LogP contribution in [0.25, 0.3) is 11.3 Å². The van der Waals surface area contributed by atoms with Gasteiger partial charge in [-0.25, -0.2) is 9.37 Å². The molecule has 0 saturated carbocycles. The monoisotopic (exact) mass is 413 g/mol. The number of para-hydroxylation sites is 1. The molecule has 1 aliphatic rings. The molecule has 1 aromatic heterocycles. The fourth-order valence-corrected chi connectivity index (χ4v) is 3.51. The maximum absolute atomic E-state index is 15.4. The van der Waals surface area contributed by atoms with Crippen LogP contribution >= 0.6 is 0 Å². The van der Waals surface area contributed by atoms with E-state index in [0.717, 1.165) is 5.56 Å². The molecule has 0 radical (unpaired) electrons. The quantitative estimate of drug-likeness (QED) is 0.576. The third-order valence-electron chi connectivity index (χ3n) is 5.21. The Morgan fingerprint density at radius 1 is 0.867 bits per heavy atom. The molecule has 0 aliphatic carbocycles. The number of hydrogen-bond donors (Lipinski definition) is 0. The first-order valence-electron chi connectivity index (χ1n) is 9.78. The van der Waals surface area contributed by atoms with Crippen molar-refractivity contribution in [3.05, 3.63) is 77.7 Å². The molecule has 156 valence electrons. The molecule has 0 N–H and O–H groups in total. The zero-order valence-corrected chi connectivity index (χ0v) is 16.6. The van der Waals surface area contributed by atoms with Crippen molar-refractivity contribution in [3.63, 3.8) is 0 Å². The zero-order chi connectivity index (χ0) is 21.1. The number of ether oxygens (including phenoxy) is 1. The van der Waals surface area contributed by atoms with E-state index in [9.17, 15) is 8.78 Å². The van der Waals surface area contributed by atoms with Crippen LogP contribution in [0.15, 0.2) is 54.6 Å². The average molecular weight is 413 g/mol. The number of likely N-dealkylation sites (N-methyl/N-ethyl adjacent to an activating group) is 1. The van der Waals surface area contributed by atoms with Gasteiger partial charge in [0.05, 0.1) is 0 Å². The normalized spacial score (nSPS) is 14.7. The summed E-state index contributed by atoms with van der Waals surface area (Å²) in [5, 5.41) is 0. The smallest absolute Gasteiger partial charge is 0.251 e. The second kappa shape index (κ2) is 8.75. The standard InChI is InChI=1S/C23H22F3N3O/c1-28-11-13-29(14-12-28)22-19(24)21(27-23(26)20(22)25)17-9-5-6-10-18(17)30-15-16-7-3-2-4-8-16/h2-10H,11-15H2,1H3. The minimum Gasteiger partial charge on any atom is -0.488 e. The predicted octanol–water partition coefficient (Wildman–Crippen LogP) is 4.50. The fourth-order valence-electron chi connectivity index (χ4n) is 3.51. The lowest BCUT2D eigenvalue weighted by Gasteiger charge is -2.34. The molecular weight excluding hydrogens is 391 g/mol. The van der Waals surface area contributed by atoms with E-state index in [1.165, 1.54) is 4.90 Å². The fraction of sp³-hybridized carbons (Fsp3) is 0.261. The number of pyridine rings is 1. The lowest BCUT2D eigenvalue weighted by molar-refractivity contribution is 0.306. The summed E-state index contributed by atoms with van der Waals surface area (Å²) in [6, 6.07) is 16.2. The van der Waals surface area contributed by atoms with Gasteiger partial charge in [0.1, 0.15) is 23.7 Å². The number of benzene rings is 2. The molecule has 2 heterocycles. The number of aromatic nitrogens is 1. The second-order valence-electron chi connectivity index (χ2n) is 7.29. The molecule has 0 amide bonds. The maximum Gasteiger partial charge on any atom is 0.251 e. The van der Waals surface area contributed by atoms with Crippen LogP contribution in [-0.2, 0) is 6.61 Å². The number of hydrogen-bond acceptors (Lipinski definition) is 4. The van der Waals surface area contributed by atoms with Crippen molar-refractivity contribution >= 4 is 5.69 Å². The molecule has 0 spiro atoms. The summed E-state index contributed by atoms with van der Waals surface area (Å²) in [4.78, 5) is 7.18. The Morgan fingerprint density at radius 2 is 1.53 bits per heavy atom. The van der Waals surface area contributed by atoms with Gasteiger partial charge >= 0.3 is 0 Å². The highest BCUT2D eigenvalue weighted by Crippen LogP contribution is 2.36. The number of halogens is 3. The first kappa shape index (κ1) is 20.2. The van der Waals surface area contributed by atoms with Gasteiger partial charge in [0.25, 0.3) is 5.95 Å². The van der Waals surface area contributed by atoms with Crippen molar-refractivity contribution < 1.29 is 17.9 Å². The largest absolute Gasteiger partial charge is 0.488 e. The van der Waals surface area contributed by atoms with Crippen LogP contribution in [0.3, 0.4) is 0 Å². The Morgan fingerprint density at radius 3 is 2.27 bits per heavy atom. The SMILES string of the molecule is CN1CCN(c2c(F)c(F)nc(-c3ccccc3OCc3ccccc3)c2F)CC1. The molecule has 1 fully saturated rings. The highest BCUT2D eigenvalue weighted by molar-refractivity contribution is 5.71. The van der Waals surface area contributed by atoms with Crippen LogP contribution < -0.4 is 9.64 Å². The molecule has 0 bridgehead atoms. The van der Waals surface area contributed by atoms with Gasteiger partial charge in [0.15, 0.2) is 5.82 Å². The molecule has 2 aromatic carbocycles. The van der Waals surface area contributed by atoms with Gasteiger partial charge in [-0.15, -0.1) is 0 Å². The average Bonchev–Trinajstić information content (AvgIpc) is 2.77. The summed E-state index contributed by atoms with van der Waals surface area (Å²) in [5.41, 5.74) is 0.583. The molecule has 4 rings (SSSR count). The first-order chi connectivity index (χ1) is 14.5. The van der Waals surface area contributed by atoms with E-state index in [4.69, 9.17) is 4.74 Å². The molecule has 30 heavy (non-hydrogen) atoms. The molecule has 4 nitrogen and oxygen atoms in total. The Balaban J connectivity index is 1.71. The molecule has 0 unspecified atom stereocenters. The van der Waals surface area contributed by atoms with Crippen LogP contribution in [-0.4, -0.2) is 43.1 Å². The van der Waals surface area contributed by atoms with E-state index in [2.05, 4.69) is 9.88 Å². The molecule has 7 heteroatoms. The van der Waals surface area contributed by atoms with E-state index >= 15 is 4.39 Å². The highest BCUT2D eigenvalue weighted by atomic mass is 19.2. The summed E-state index contributed by atoms with van der Waals surface area (Å²) >= 11 is 0. The van der Waals surface area contributed by atoms with E-state index in [-0.39, 0.29) is 23.6 Å². The van der Waals surface area contributed by atoms with Gasteiger partial charge in [0.2, 0.25) is 5.82 Å². The molecule has 1 aliphatic heterocycles. The topological polar surface area (TPSA) is 28.6 Å². The Kier molecular flexibility index (Phi) is 5.90. The number of nitrogens with zero attached hydrogens (tertiary/aromatic N) is 3. The van der Waals surface area contributed by atoms with Gasteiger partial charge < -0.3 is 14.5 Å². The molecular formula is C23H22F3N3O. The van der Waals surface area contributed by atoms with Crippen molar-refractivity contribution in [2.45, 2.75) is 6.61 Å². The van der Waals surface area contributed by atoms with E-state index in [1.807, 2.05) is 37.4 Å². The van der Waals surface area contributed by atoms with Crippen molar-refractivity contribution in [1.82, 2.24) is 9.88 Å². The Labute approximate surface area is 173 Å². The number of piperazine rings is 1. The van der Waals surface area contributed by atoms with Gasteiger partial charge in [-0.3, -0.25) is 0 Å². The summed E-state index contributed by atoms with van der Waals surface area (Å²) in [6.07, 6.45) is 0. The van der Waals surface area contributed by atoms with Crippen molar-refractivity contribution in [1.29, 1.82) is 0 Å². The number of anilines is 1. The first-order valence-corrected chi connectivity index (χ1v) is 9.78. The molecule has 3 aromatic rings. The van der Waals surface area contributed by atoms with Crippen LogP contribution in [0, 0.1) is 17.6 Å². The minimum atomic E-state index is -1.32. The van der Waals surface area contributed by atoms with Gasteiger partial charge in [-0.05, 0) is 24.7 Å². The Bertz CT molecular complexity index is 1020. The Hall–Kier alpha value is -3.06. The van der Waals surface area contributed by atoms with Crippen molar-refractivity contribution in [3.8, 4) is 17.0 Å². The van der Waals surface area contributed by atoms with Gasteiger partial charge in [-0.2, -0.15) is 8.78 Å². The molecule has 0 atom stereocenters. The second-order valence-corrected chi connectivity index (χ2v) is 7.29. The summed E-state index contributed by atoms with van der Waals surface area (Å²) < 4.78 is 50.2. The summed E-state index contributed by atoms with van der Waals surface area (Å²) in [7, 11) is 1.93.